The summed E-state index contributed by atoms with van der Waals surface area (Å²) in [6.45, 7) is 0. The van der Waals surface area contributed by atoms with Gasteiger partial charge in [-0.05, 0) is 43.4 Å². The second-order valence-corrected chi connectivity index (χ2v) is 9.81. The van der Waals surface area contributed by atoms with E-state index in [4.69, 9.17) is 0 Å². The smallest absolute Gasteiger partial charge is 1.00 e. The van der Waals surface area contributed by atoms with Gasteiger partial charge >= 0.3 is 26.2 Å². The first-order chi connectivity index (χ1) is 13.8. The number of rotatable bonds is 1. The minimum atomic E-state index is 0. The van der Waals surface area contributed by atoms with E-state index in [0.717, 1.165) is 30.6 Å². The van der Waals surface area contributed by atoms with Crippen LogP contribution >= 0.6 is 0 Å². The Labute approximate surface area is 218 Å². The second kappa shape index (κ2) is 10.1. The molecule has 0 saturated heterocycles. The number of hydrogen-bond donors (Lipinski definition) is 0. The third-order valence-corrected chi connectivity index (χ3v) is 7.96. The van der Waals surface area contributed by atoms with Crippen molar-refractivity contribution in [2.45, 2.75) is 51.4 Å². The predicted molar refractivity (Wildman–Crippen MR) is 115 cm³/mol. The van der Waals surface area contributed by atoms with Crippen LogP contribution < -0.4 is 24.8 Å². The second-order valence-electron chi connectivity index (χ2n) is 9.81. The van der Waals surface area contributed by atoms with Crippen LogP contribution in [-0.4, -0.2) is 0 Å². The SMILES string of the molecule is [C-]1=CC(C23CC4CC(CC(C4)C2)C3)=CC1.[Cl-].[Cl-].[Zr+4].[c-]1cccc2c1Cc1ccccc1-2. The maximum Gasteiger partial charge on any atom is 4.00 e. The van der Waals surface area contributed by atoms with Gasteiger partial charge in [0.1, 0.15) is 0 Å². The maximum absolute atomic E-state index is 3.38. The molecule has 0 radical (unpaired) electrons. The Morgan fingerprint density at radius 3 is 2.10 bits per heavy atom. The fraction of sp³-hybridized carbons (Fsp3) is 0.429. The molecule has 2 aromatic carbocycles. The summed E-state index contributed by atoms with van der Waals surface area (Å²) in [6, 6.07) is 18.1. The fourth-order valence-electron chi connectivity index (χ4n) is 7.23. The van der Waals surface area contributed by atoms with Crippen LogP contribution in [0.2, 0.25) is 0 Å². The zero-order chi connectivity index (χ0) is 18.6. The molecule has 158 valence electrons. The normalized spacial score (nSPS) is 29.9. The van der Waals surface area contributed by atoms with Gasteiger partial charge in [0.25, 0.3) is 0 Å². The molecule has 0 unspecified atom stereocenters. The quantitative estimate of drug-likeness (QED) is 0.415. The molecule has 2 aromatic rings. The van der Waals surface area contributed by atoms with Crippen LogP contribution in [0.4, 0.5) is 0 Å². The molecule has 31 heavy (non-hydrogen) atoms. The number of benzene rings is 2. The summed E-state index contributed by atoms with van der Waals surface area (Å²) in [4.78, 5) is 0. The Kier molecular flexibility index (Phi) is 8.16. The van der Waals surface area contributed by atoms with Crippen molar-refractivity contribution >= 4 is 0 Å². The van der Waals surface area contributed by atoms with Crippen LogP contribution in [0.15, 0.2) is 60.2 Å². The Morgan fingerprint density at radius 1 is 0.806 bits per heavy atom. The van der Waals surface area contributed by atoms with E-state index in [2.05, 4.69) is 60.7 Å². The van der Waals surface area contributed by atoms with E-state index in [1.165, 1.54) is 41.5 Å². The monoisotopic (exact) mass is 524 g/mol. The third kappa shape index (κ3) is 4.58. The largest absolute Gasteiger partial charge is 4.00 e. The topological polar surface area (TPSA) is 0 Å². The van der Waals surface area contributed by atoms with Crippen molar-refractivity contribution in [1.29, 1.82) is 0 Å². The van der Waals surface area contributed by atoms with Crippen molar-refractivity contribution in [3.05, 3.63) is 83.5 Å². The Morgan fingerprint density at radius 2 is 1.45 bits per heavy atom. The number of allylic oxidation sites excluding steroid dienone is 4. The van der Waals surface area contributed by atoms with E-state index >= 15 is 0 Å². The zero-order valence-corrected chi connectivity index (χ0v) is 21.8. The minimum absolute atomic E-state index is 0. The Balaban J connectivity index is 0.000000162. The van der Waals surface area contributed by atoms with Crippen LogP contribution in [0.25, 0.3) is 11.1 Å². The van der Waals surface area contributed by atoms with E-state index in [0.29, 0.717) is 5.41 Å². The molecule has 4 saturated carbocycles. The predicted octanol–water partition coefficient (Wildman–Crippen LogP) is 0.956. The summed E-state index contributed by atoms with van der Waals surface area (Å²) >= 11 is 0. The molecular formula is C28H28Cl2Zr. The molecule has 0 aromatic heterocycles. The van der Waals surface area contributed by atoms with Gasteiger partial charge in [0.2, 0.25) is 0 Å². The van der Waals surface area contributed by atoms with Crippen molar-refractivity contribution in [1.82, 2.24) is 0 Å². The molecule has 0 nitrogen and oxygen atoms in total. The molecule has 3 heteroatoms. The molecule has 0 aliphatic heterocycles. The molecule has 4 fully saturated rings. The van der Waals surface area contributed by atoms with Gasteiger partial charge in [-0.2, -0.15) is 41.5 Å². The van der Waals surface area contributed by atoms with Gasteiger partial charge in [0.05, 0.1) is 0 Å². The van der Waals surface area contributed by atoms with E-state index < -0.39 is 0 Å². The number of halogens is 2. The van der Waals surface area contributed by atoms with Gasteiger partial charge in [-0.15, -0.1) is 12.0 Å². The summed E-state index contributed by atoms with van der Waals surface area (Å²) in [5.41, 5.74) is 7.80. The van der Waals surface area contributed by atoms with Gasteiger partial charge in [0.15, 0.2) is 0 Å². The molecule has 0 N–H and O–H groups in total. The molecular weight excluding hydrogens is 498 g/mol. The van der Waals surface area contributed by atoms with Crippen molar-refractivity contribution in [3.63, 3.8) is 0 Å². The summed E-state index contributed by atoms with van der Waals surface area (Å²) in [6.07, 6.45) is 19.4. The fourth-order valence-corrected chi connectivity index (χ4v) is 7.23. The van der Waals surface area contributed by atoms with Crippen LogP contribution in [0, 0.1) is 35.3 Å². The molecule has 0 heterocycles. The Hall–Kier alpha value is -0.617. The number of hydrogen-bond acceptors (Lipinski definition) is 0. The molecule has 0 amide bonds. The third-order valence-electron chi connectivity index (χ3n) is 7.96. The Bertz CT molecular complexity index is 896. The van der Waals surface area contributed by atoms with Gasteiger partial charge < -0.3 is 24.8 Å². The first-order valence-electron chi connectivity index (χ1n) is 11.1. The molecule has 4 bridgehead atoms. The van der Waals surface area contributed by atoms with Crippen molar-refractivity contribution in [2.75, 3.05) is 0 Å². The molecule has 0 spiro atoms. The van der Waals surface area contributed by atoms with Crippen LogP contribution in [0.5, 0.6) is 0 Å². The van der Waals surface area contributed by atoms with Crippen molar-refractivity contribution in [3.8, 4) is 11.1 Å². The van der Waals surface area contributed by atoms with Gasteiger partial charge in [-0.3, -0.25) is 6.08 Å². The summed E-state index contributed by atoms with van der Waals surface area (Å²) < 4.78 is 0. The van der Waals surface area contributed by atoms with Crippen molar-refractivity contribution < 1.29 is 51.0 Å². The van der Waals surface area contributed by atoms with E-state index in [-0.39, 0.29) is 51.0 Å². The van der Waals surface area contributed by atoms with Gasteiger partial charge in [-0.25, -0.2) is 6.08 Å². The first kappa shape index (κ1) is 25.0. The molecule has 8 rings (SSSR count). The van der Waals surface area contributed by atoms with E-state index in [1.54, 1.807) is 24.8 Å². The molecule has 0 atom stereocenters. The van der Waals surface area contributed by atoms with E-state index in [1.807, 2.05) is 6.07 Å². The van der Waals surface area contributed by atoms with Crippen LogP contribution in [-0.2, 0) is 32.6 Å². The summed E-state index contributed by atoms with van der Waals surface area (Å²) in [7, 11) is 0. The minimum Gasteiger partial charge on any atom is -1.00 e. The average molecular weight is 527 g/mol. The van der Waals surface area contributed by atoms with Gasteiger partial charge in [-0.1, -0.05) is 60.1 Å². The van der Waals surface area contributed by atoms with E-state index in [9.17, 15) is 0 Å². The number of fused-ring (bicyclic) bond motifs is 3. The van der Waals surface area contributed by atoms with Crippen molar-refractivity contribution in [2.24, 2.45) is 23.2 Å². The summed E-state index contributed by atoms with van der Waals surface area (Å²) in [5.74, 6) is 3.23. The van der Waals surface area contributed by atoms with Crippen LogP contribution in [0.3, 0.4) is 0 Å². The zero-order valence-electron chi connectivity index (χ0n) is 17.8. The van der Waals surface area contributed by atoms with Crippen LogP contribution in [0.1, 0.15) is 56.1 Å². The molecule has 6 aliphatic carbocycles. The molecule has 6 aliphatic rings. The van der Waals surface area contributed by atoms with Gasteiger partial charge in [0, 0.05) is 0 Å². The average Bonchev–Trinajstić information content (AvgIpc) is 3.36. The first-order valence-corrected chi connectivity index (χ1v) is 11.1. The summed E-state index contributed by atoms with van der Waals surface area (Å²) in [5, 5.41) is 0. The standard InChI is InChI=1S/C15H19.C13H9.2ClH.Zr/c1-2-4-14(3-1)15-8-11-5-12(9-15)7-13(6-11)10-15;1-3-7-12-10(5-1)9-11-6-2-4-8-13(11)12;;;/h3-4,11-13H,1,5-10H2;1-5,7-8H,9H2;2*1H;/q2*-1;;;+4/p-2. The maximum atomic E-state index is 3.38.